The summed E-state index contributed by atoms with van der Waals surface area (Å²) in [5.74, 6) is -2.02. The number of urea groups is 1. The van der Waals surface area contributed by atoms with Crippen LogP contribution < -0.4 is 27.4 Å². The number of amides is 2. The number of hydrogen-bond donors (Lipinski definition) is 8. The molecular weight excluding hydrogens is 404 g/mol. The van der Waals surface area contributed by atoms with E-state index in [0.717, 1.165) is 0 Å². The summed E-state index contributed by atoms with van der Waals surface area (Å²) in [4.78, 5) is 37.9. The van der Waals surface area contributed by atoms with Crippen LogP contribution in [0.4, 0.5) is 4.79 Å². The summed E-state index contributed by atoms with van der Waals surface area (Å²) >= 11 is 0. The second-order valence-electron chi connectivity index (χ2n) is 6.14. The van der Waals surface area contributed by atoms with Crippen molar-refractivity contribution in [1.29, 1.82) is 5.41 Å². The van der Waals surface area contributed by atoms with Crippen LogP contribution in [-0.4, -0.2) is 69.6 Å². The molecule has 168 valence electrons. The molecule has 1 heterocycles. The fraction of sp³-hybridized carbons (Fsp3) is 0.600. The fourth-order valence-corrected chi connectivity index (χ4v) is 2.26. The Labute approximate surface area is 171 Å². The molecule has 0 aliphatic heterocycles. The van der Waals surface area contributed by atoms with Gasteiger partial charge in [0.15, 0.2) is 11.8 Å². The van der Waals surface area contributed by atoms with E-state index in [1.165, 1.54) is 6.92 Å². The maximum atomic E-state index is 11.8. The van der Waals surface area contributed by atoms with Gasteiger partial charge in [-0.15, -0.1) is 0 Å². The minimum Gasteiger partial charge on any atom is -0.480 e. The zero-order chi connectivity index (χ0) is 22.7. The number of carbonyl (C=O) groups is 3. The molecule has 3 atom stereocenters. The van der Waals surface area contributed by atoms with Crippen LogP contribution in [0, 0.1) is 5.41 Å². The van der Waals surface area contributed by atoms with Gasteiger partial charge in [-0.2, -0.15) is 4.98 Å². The monoisotopic (exact) mass is 430 g/mol. The molecule has 0 saturated carbocycles. The molecule has 0 aliphatic rings. The Hall–Kier alpha value is -3.46. The van der Waals surface area contributed by atoms with E-state index in [1.54, 1.807) is 0 Å². The van der Waals surface area contributed by atoms with Gasteiger partial charge >= 0.3 is 18.0 Å². The zero-order valence-corrected chi connectivity index (χ0v) is 16.3. The number of carboxylic acid groups (broad SMARTS) is 1. The van der Waals surface area contributed by atoms with E-state index in [2.05, 4.69) is 26.1 Å². The van der Waals surface area contributed by atoms with Crippen LogP contribution in [0.2, 0.25) is 0 Å². The molecule has 15 heteroatoms. The molecule has 0 spiro atoms. The summed E-state index contributed by atoms with van der Waals surface area (Å²) in [6.07, 6.45) is -0.745. The number of nitrogens with zero attached hydrogens (tertiary/aromatic N) is 2. The van der Waals surface area contributed by atoms with Crippen LogP contribution in [0.25, 0.3) is 0 Å². The van der Waals surface area contributed by atoms with Crippen molar-refractivity contribution >= 4 is 23.9 Å². The first kappa shape index (κ1) is 24.6. The van der Waals surface area contributed by atoms with E-state index < -0.39 is 42.8 Å². The Morgan fingerprint density at radius 2 is 2.03 bits per heavy atom. The maximum Gasteiger partial charge on any atom is 0.326 e. The molecule has 0 radical (unpaired) electrons. The van der Waals surface area contributed by atoms with Gasteiger partial charge in [-0.3, -0.25) is 10.2 Å². The Bertz CT molecular complexity index is 740. The number of carboxylic acids is 1. The summed E-state index contributed by atoms with van der Waals surface area (Å²) in [7, 11) is 0. The third-order valence-corrected chi connectivity index (χ3v) is 3.61. The van der Waals surface area contributed by atoms with Crippen LogP contribution in [0.15, 0.2) is 4.52 Å². The molecule has 30 heavy (non-hydrogen) atoms. The molecule has 1 rings (SSSR count). The topological polar surface area (TPSA) is 252 Å². The van der Waals surface area contributed by atoms with Crippen LogP contribution >= 0.6 is 0 Å². The molecule has 10 N–H and O–H groups in total. The molecule has 0 saturated heterocycles. The highest BCUT2D eigenvalue weighted by Crippen LogP contribution is 2.15. The first-order valence-electron chi connectivity index (χ1n) is 8.83. The molecule has 0 fully saturated rings. The number of aliphatic carboxylic acids is 1. The number of aromatic nitrogens is 2. The fourth-order valence-electron chi connectivity index (χ4n) is 2.26. The Balaban J connectivity index is 2.59. The lowest BCUT2D eigenvalue weighted by atomic mass is 10.1. The molecule has 15 nitrogen and oxygen atoms in total. The number of aliphatic hydroxyl groups excluding tert-OH is 1. The smallest absolute Gasteiger partial charge is 0.326 e. The summed E-state index contributed by atoms with van der Waals surface area (Å²) in [5.41, 5.74) is 11.2. The first-order chi connectivity index (χ1) is 14.1. The van der Waals surface area contributed by atoms with Crippen LogP contribution in [0.3, 0.4) is 0 Å². The lowest BCUT2D eigenvalue weighted by Crippen LogP contribution is -2.46. The number of nitrogens with two attached hydrogens (primary N) is 2. The zero-order valence-electron chi connectivity index (χ0n) is 16.3. The van der Waals surface area contributed by atoms with Crippen LogP contribution in [-0.2, 0) is 20.9 Å². The van der Waals surface area contributed by atoms with Crippen molar-refractivity contribution in [1.82, 2.24) is 26.1 Å². The van der Waals surface area contributed by atoms with Crippen molar-refractivity contribution in [3.05, 3.63) is 11.7 Å². The average Bonchev–Trinajstić information content (AvgIpc) is 3.12. The molecule has 1 aromatic rings. The van der Waals surface area contributed by atoms with Crippen molar-refractivity contribution in [3.63, 3.8) is 0 Å². The van der Waals surface area contributed by atoms with Crippen molar-refractivity contribution in [2.75, 3.05) is 13.2 Å². The minimum absolute atomic E-state index is 0.00975. The highest BCUT2D eigenvalue weighted by molar-refractivity contribution is 5.82. The van der Waals surface area contributed by atoms with Gasteiger partial charge in [0.25, 0.3) is 0 Å². The lowest BCUT2D eigenvalue weighted by molar-refractivity contribution is -0.146. The van der Waals surface area contributed by atoms with E-state index in [9.17, 15) is 14.4 Å². The van der Waals surface area contributed by atoms with Crippen LogP contribution in [0.1, 0.15) is 37.5 Å². The maximum absolute atomic E-state index is 11.8. The van der Waals surface area contributed by atoms with Crippen molar-refractivity contribution in [2.24, 2.45) is 11.5 Å². The molecule has 1 unspecified atom stereocenters. The predicted octanol–water partition coefficient (Wildman–Crippen LogP) is -2.49. The third-order valence-electron chi connectivity index (χ3n) is 3.61. The number of guanidine groups is 1. The number of nitrogens with one attached hydrogen (secondary N) is 4. The van der Waals surface area contributed by atoms with Gasteiger partial charge in [-0.25, -0.2) is 9.59 Å². The summed E-state index contributed by atoms with van der Waals surface area (Å²) in [6.45, 7) is 0.688. The Kier molecular flexibility index (Phi) is 9.98. The van der Waals surface area contributed by atoms with Crippen LogP contribution in [0.5, 0.6) is 0 Å². The van der Waals surface area contributed by atoms with E-state index in [4.69, 9.17) is 36.3 Å². The highest BCUT2D eigenvalue weighted by Gasteiger charge is 2.23. The number of ether oxygens (including phenoxy) is 1. The predicted molar refractivity (Wildman–Crippen MR) is 99.8 cm³/mol. The SMILES string of the molecule is CC(=O)OC(CNC(=N)N)C[C@H](N)c1noc(CNC(=O)N[C@@H](CCO)C(=O)O)n1. The second kappa shape index (κ2) is 12.2. The van der Waals surface area contributed by atoms with E-state index in [0.29, 0.717) is 0 Å². The van der Waals surface area contributed by atoms with Gasteiger partial charge in [0.2, 0.25) is 5.89 Å². The van der Waals surface area contributed by atoms with E-state index >= 15 is 0 Å². The molecule has 2 amide bonds. The van der Waals surface area contributed by atoms with Gasteiger partial charge < -0.3 is 46.9 Å². The summed E-state index contributed by atoms with van der Waals surface area (Å²) in [6, 6.07) is -2.83. The van der Waals surface area contributed by atoms with Gasteiger partial charge in [-0.1, -0.05) is 5.16 Å². The third kappa shape index (κ3) is 9.16. The van der Waals surface area contributed by atoms with Gasteiger partial charge in [0.1, 0.15) is 12.1 Å². The normalized spacial score (nSPS) is 13.6. The van der Waals surface area contributed by atoms with Gasteiger partial charge in [0.05, 0.1) is 19.1 Å². The van der Waals surface area contributed by atoms with E-state index in [1.807, 2.05) is 0 Å². The minimum atomic E-state index is -1.29. The van der Waals surface area contributed by atoms with E-state index in [-0.39, 0.29) is 43.6 Å². The summed E-state index contributed by atoms with van der Waals surface area (Å²) < 4.78 is 10.1. The number of carbonyl (C=O) groups excluding carboxylic acids is 2. The summed E-state index contributed by atoms with van der Waals surface area (Å²) in [5, 5.41) is 35.7. The lowest BCUT2D eigenvalue weighted by Gasteiger charge is -2.19. The molecule has 0 aliphatic carbocycles. The van der Waals surface area contributed by atoms with Crippen molar-refractivity contribution in [3.8, 4) is 0 Å². The average molecular weight is 430 g/mol. The first-order valence-corrected chi connectivity index (χ1v) is 8.83. The highest BCUT2D eigenvalue weighted by atomic mass is 16.5. The number of esters is 1. The molecule has 0 aromatic carbocycles. The quantitative estimate of drug-likeness (QED) is 0.0973. The molecule has 0 bridgehead atoms. The van der Waals surface area contributed by atoms with Crippen molar-refractivity contribution in [2.45, 2.75) is 44.5 Å². The standard InChI is InChI=1S/C15H26N8O7/c1-7(25)29-8(5-19-14(17)18)4-9(16)12-22-11(30-23-12)6-20-15(28)21-10(2-3-24)13(26)27/h8-10,24H,2-6,16H2,1H3,(H,26,27)(H4,17,18,19)(H2,20,21,28)/t8?,9-,10-/m0/s1. The Morgan fingerprint density at radius 3 is 2.60 bits per heavy atom. The molecule has 1 aromatic heterocycles. The molecular formula is C15H26N8O7. The second-order valence-corrected chi connectivity index (χ2v) is 6.14. The number of hydrogen-bond acceptors (Lipinski definition) is 10. The van der Waals surface area contributed by atoms with Crippen molar-refractivity contribution < 1.29 is 33.9 Å². The Morgan fingerprint density at radius 1 is 1.33 bits per heavy atom. The largest absolute Gasteiger partial charge is 0.480 e. The number of aliphatic hydroxyl groups is 1. The van der Waals surface area contributed by atoms with Gasteiger partial charge in [0, 0.05) is 26.4 Å². The number of rotatable bonds is 12. The van der Waals surface area contributed by atoms with Gasteiger partial charge in [-0.05, 0) is 0 Å².